The summed E-state index contributed by atoms with van der Waals surface area (Å²) in [4.78, 5) is 11.9. The van der Waals surface area contributed by atoms with Gasteiger partial charge in [-0.2, -0.15) is 0 Å². The summed E-state index contributed by atoms with van der Waals surface area (Å²) in [6.07, 6.45) is 1.12. The van der Waals surface area contributed by atoms with Gasteiger partial charge in [-0.15, -0.1) is 0 Å². The van der Waals surface area contributed by atoms with Crippen molar-refractivity contribution in [3.63, 3.8) is 0 Å². The van der Waals surface area contributed by atoms with E-state index in [0.717, 1.165) is 22.7 Å². The zero-order chi connectivity index (χ0) is 22.1. The number of rotatable bonds is 11. The highest BCUT2D eigenvalue weighted by Gasteiger charge is 2.21. The molecular weight excluding hydrogens is 418 g/mol. The van der Waals surface area contributed by atoms with E-state index in [9.17, 15) is 22.0 Å². The van der Waals surface area contributed by atoms with Crippen LogP contribution >= 0.6 is 0 Å². The fourth-order valence-electron chi connectivity index (χ4n) is 2.65. The Kier molecular flexibility index (Phi) is 8.40. The molecule has 0 saturated heterocycles. The molecule has 0 bridgehead atoms. The fraction of sp³-hybridized carbons (Fsp3) is 0.350. The predicted molar refractivity (Wildman–Crippen MR) is 109 cm³/mol. The third kappa shape index (κ3) is 7.18. The summed E-state index contributed by atoms with van der Waals surface area (Å²) < 4.78 is 62.3. The lowest BCUT2D eigenvalue weighted by Gasteiger charge is -2.22. The monoisotopic (exact) mass is 442 g/mol. The lowest BCUT2D eigenvalue weighted by molar-refractivity contribution is -0.121. The van der Waals surface area contributed by atoms with Gasteiger partial charge in [0.15, 0.2) is 0 Å². The summed E-state index contributed by atoms with van der Waals surface area (Å²) in [6, 6.07) is 9.65. The van der Waals surface area contributed by atoms with Crippen LogP contribution in [0.1, 0.15) is 12.8 Å². The molecule has 0 radical (unpaired) electrons. The van der Waals surface area contributed by atoms with Gasteiger partial charge in [0, 0.05) is 19.0 Å². The van der Waals surface area contributed by atoms with E-state index >= 15 is 0 Å². The first-order chi connectivity index (χ1) is 14.2. The maximum absolute atomic E-state index is 14.0. The van der Waals surface area contributed by atoms with Crippen molar-refractivity contribution in [2.24, 2.45) is 0 Å². The molecule has 0 aliphatic carbocycles. The van der Waals surface area contributed by atoms with Crippen LogP contribution in [0, 0.1) is 11.6 Å². The van der Waals surface area contributed by atoms with E-state index in [1.165, 1.54) is 0 Å². The van der Waals surface area contributed by atoms with Gasteiger partial charge in [-0.1, -0.05) is 0 Å². The van der Waals surface area contributed by atoms with Gasteiger partial charge in [0.2, 0.25) is 15.9 Å². The smallest absolute Gasteiger partial charge is 0.232 e. The second-order valence-corrected chi connectivity index (χ2v) is 8.32. The predicted octanol–water partition coefficient (Wildman–Crippen LogP) is 2.71. The highest BCUT2D eigenvalue weighted by atomic mass is 32.2. The topological polar surface area (TPSA) is 84.9 Å². The number of nitrogens with zero attached hydrogens (tertiary/aromatic N) is 1. The maximum Gasteiger partial charge on any atom is 0.232 e. The number of carbonyl (C=O) groups is 1. The van der Waals surface area contributed by atoms with Crippen LogP contribution in [0.3, 0.4) is 0 Å². The number of nitrogens with one attached hydrogen (secondary N) is 1. The van der Waals surface area contributed by atoms with Gasteiger partial charge >= 0.3 is 0 Å². The van der Waals surface area contributed by atoms with Crippen molar-refractivity contribution < 1.29 is 31.5 Å². The quantitative estimate of drug-likeness (QED) is 0.541. The maximum atomic E-state index is 14.0. The molecule has 0 aromatic heterocycles. The average molecular weight is 442 g/mol. The highest BCUT2D eigenvalue weighted by Crippen LogP contribution is 2.23. The van der Waals surface area contributed by atoms with Crippen molar-refractivity contribution in [1.29, 1.82) is 0 Å². The number of hydrogen-bond acceptors (Lipinski definition) is 5. The van der Waals surface area contributed by atoms with Gasteiger partial charge in [-0.25, -0.2) is 17.2 Å². The largest absolute Gasteiger partial charge is 0.497 e. The molecule has 1 amide bonds. The van der Waals surface area contributed by atoms with Crippen molar-refractivity contribution in [2.75, 3.05) is 37.4 Å². The number of anilines is 1. The first-order valence-corrected chi connectivity index (χ1v) is 11.0. The van der Waals surface area contributed by atoms with Crippen LogP contribution in [0.15, 0.2) is 42.5 Å². The van der Waals surface area contributed by atoms with Crippen LogP contribution in [0.25, 0.3) is 0 Å². The summed E-state index contributed by atoms with van der Waals surface area (Å²) in [5.41, 5.74) is -0.257. The molecule has 0 fully saturated rings. The van der Waals surface area contributed by atoms with Crippen molar-refractivity contribution >= 4 is 21.6 Å². The molecule has 7 nitrogen and oxygen atoms in total. The van der Waals surface area contributed by atoms with E-state index in [2.05, 4.69) is 5.32 Å². The number of methoxy groups -OCH3 is 1. The first-order valence-electron chi connectivity index (χ1n) is 9.17. The summed E-state index contributed by atoms with van der Waals surface area (Å²) in [5.74, 6) is -0.739. The number of benzene rings is 2. The van der Waals surface area contributed by atoms with Crippen molar-refractivity contribution in [3.05, 3.63) is 54.1 Å². The van der Waals surface area contributed by atoms with Crippen LogP contribution in [-0.2, 0) is 14.8 Å². The van der Waals surface area contributed by atoms with E-state index in [1.807, 2.05) is 0 Å². The van der Waals surface area contributed by atoms with Gasteiger partial charge in [-0.05, 0) is 42.8 Å². The summed E-state index contributed by atoms with van der Waals surface area (Å²) in [6.45, 7) is 0.415. The molecule has 0 atom stereocenters. The van der Waals surface area contributed by atoms with E-state index < -0.39 is 21.7 Å². The van der Waals surface area contributed by atoms with E-state index in [-0.39, 0.29) is 44.1 Å². The Morgan fingerprint density at radius 2 is 1.77 bits per heavy atom. The molecule has 2 rings (SSSR count). The van der Waals surface area contributed by atoms with Crippen molar-refractivity contribution in [2.45, 2.75) is 12.8 Å². The number of ether oxygens (including phenoxy) is 2. The van der Waals surface area contributed by atoms with Crippen LogP contribution in [0.5, 0.6) is 11.5 Å². The SMILES string of the molecule is COc1ccc(OCCNC(=O)CCCN(c2ccc(F)cc2F)S(C)(=O)=O)cc1. The average Bonchev–Trinajstić information content (AvgIpc) is 2.69. The molecule has 0 aliphatic heterocycles. The van der Waals surface area contributed by atoms with Crippen molar-refractivity contribution in [1.82, 2.24) is 5.32 Å². The van der Waals surface area contributed by atoms with Crippen molar-refractivity contribution in [3.8, 4) is 11.5 Å². The molecule has 0 heterocycles. The van der Waals surface area contributed by atoms with E-state index in [1.54, 1.807) is 31.4 Å². The van der Waals surface area contributed by atoms with Gasteiger partial charge in [-0.3, -0.25) is 9.10 Å². The number of hydrogen-bond donors (Lipinski definition) is 1. The van der Waals surface area contributed by atoms with Gasteiger partial charge in [0.25, 0.3) is 0 Å². The number of carbonyl (C=O) groups excluding carboxylic acids is 1. The third-order valence-electron chi connectivity index (χ3n) is 4.10. The highest BCUT2D eigenvalue weighted by molar-refractivity contribution is 7.92. The number of sulfonamides is 1. The molecule has 0 aliphatic rings. The number of halogens is 2. The Hall–Kier alpha value is -2.88. The fourth-order valence-corrected chi connectivity index (χ4v) is 3.62. The minimum Gasteiger partial charge on any atom is -0.497 e. The Morgan fingerprint density at radius 3 is 2.37 bits per heavy atom. The molecule has 1 N–H and O–H groups in total. The molecule has 0 saturated carbocycles. The second-order valence-electron chi connectivity index (χ2n) is 6.41. The van der Waals surface area contributed by atoms with Crippen LogP contribution in [0.4, 0.5) is 14.5 Å². The van der Waals surface area contributed by atoms with Gasteiger partial charge in [0.1, 0.15) is 29.7 Å². The van der Waals surface area contributed by atoms with E-state index in [0.29, 0.717) is 17.6 Å². The standard InChI is InChI=1S/C20H24F2N2O5S/c1-28-16-6-8-17(9-7-16)29-13-11-23-20(25)4-3-12-24(30(2,26)27)19-10-5-15(21)14-18(19)22/h5-10,14H,3-4,11-13H2,1-2H3,(H,23,25). The van der Waals surface area contributed by atoms with Crippen LogP contribution in [0.2, 0.25) is 0 Å². The molecule has 2 aromatic rings. The Balaban J connectivity index is 1.77. The summed E-state index contributed by atoms with van der Waals surface area (Å²) in [7, 11) is -2.23. The molecule has 0 unspecified atom stereocenters. The minimum atomic E-state index is -3.80. The van der Waals surface area contributed by atoms with Gasteiger partial charge < -0.3 is 14.8 Å². The molecular formula is C20H24F2N2O5S. The second kappa shape index (κ2) is 10.8. The first kappa shape index (κ1) is 23.4. The van der Waals surface area contributed by atoms with E-state index in [4.69, 9.17) is 9.47 Å². The lowest BCUT2D eigenvalue weighted by atomic mass is 10.2. The minimum absolute atomic E-state index is 0.0391. The van der Waals surface area contributed by atoms with Crippen LogP contribution in [-0.4, -0.2) is 47.4 Å². The Bertz CT molecular complexity index is 952. The molecule has 2 aromatic carbocycles. The molecule has 30 heavy (non-hydrogen) atoms. The molecule has 10 heteroatoms. The Labute approximate surface area is 174 Å². The number of amides is 1. The summed E-state index contributed by atoms with van der Waals surface area (Å²) >= 11 is 0. The summed E-state index contributed by atoms with van der Waals surface area (Å²) in [5, 5.41) is 2.67. The third-order valence-corrected chi connectivity index (χ3v) is 5.28. The zero-order valence-electron chi connectivity index (χ0n) is 16.7. The lowest BCUT2D eigenvalue weighted by Crippen LogP contribution is -2.33. The van der Waals surface area contributed by atoms with Gasteiger partial charge in [0.05, 0.1) is 25.6 Å². The Morgan fingerprint density at radius 1 is 1.10 bits per heavy atom. The van der Waals surface area contributed by atoms with Crippen LogP contribution < -0.4 is 19.1 Å². The zero-order valence-corrected chi connectivity index (χ0v) is 17.5. The molecule has 0 spiro atoms. The normalized spacial score (nSPS) is 11.1. The molecule has 164 valence electrons.